The number of hydrogen-bond acceptors (Lipinski definition) is 4. The van der Waals surface area contributed by atoms with Crippen LogP contribution >= 0.6 is 27.5 Å². The SMILES string of the molecule is CCC(c1nc2ccccc2c(=O)n1-c1ccc(Cl)cc1C)N(C)S(=O)(=O)c1ccc(Br)cc1. The molecule has 4 rings (SSSR count). The molecule has 0 fully saturated rings. The minimum Gasteiger partial charge on any atom is -0.268 e. The first-order valence-corrected chi connectivity index (χ1v) is 13.3. The molecule has 0 radical (unpaired) electrons. The smallest absolute Gasteiger partial charge is 0.266 e. The highest BCUT2D eigenvalue weighted by atomic mass is 79.9. The third-order valence-electron chi connectivity index (χ3n) is 5.82. The number of para-hydroxylation sites is 1. The van der Waals surface area contributed by atoms with Gasteiger partial charge in [0.1, 0.15) is 5.82 Å². The van der Waals surface area contributed by atoms with E-state index in [4.69, 9.17) is 16.6 Å². The summed E-state index contributed by atoms with van der Waals surface area (Å²) in [7, 11) is -2.34. The van der Waals surface area contributed by atoms with Gasteiger partial charge in [0, 0.05) is 16.5 Å². The Bertz CT molecular complexity index is 1540. The first-order valence-electron chi connectivity index (χ1n) is 10.7. The second-order valence-electron chi connectivity index (χ2n) is 7.96. The minimum absolute atomic E-state index is 0.161. The normalized spacial score (nSPS) is 12.9. The van der Waals surface area contributed by atoms with Crippen molar-refractivity contribution in [3.63, 3.8) is 0 Å². The molecule has 1 heterocycles. The number of hydrogen-bond donors (Lipinski definition) is 0. The van der Waals surface area contributed by atoms with E-state index in [0.717, 1.165) is 10.0 Å². The molecule has 0 saturated carbocycles. The van der Waals surface area contributed by atoms with Crippen molar-refractivity contribution in [2.45, 2.75) is 31.2 Å². The van der Waals surface area contributed by atoms with Gasteiger partial charge in [-0.1, -0.05) is 46.6 Å². The summed E-state index contributed by atoms with van der Waals surface area (Å²) in [5.74, 6) is 0.347. The maximum atomic E-state index is 13.7. The van der Waals surface area contributed by atoms with Crippen LogP contribution in [0.15, 0.2) is 80.9 Å². The Balaban J connectivity index is 1.98. The summed E-state index contributed by atoms with van der Waals surface area (Å²) in [5.41, 5.74) is 1.63. The molecule has 34 heavy (non-hydrogen) atoms. The van der Waals surface area contributed by atoms with E-state index in [1.165, 1.54) is 15.9 Å². The van der Waals surface area contributed by atoms with E-state index < -0.39 is 16.1 Å². The van der Waals surface area contributed by atoms with Gasteiger partial charge in [-0.05, 0) is 73.5 Å². The van der Waals surface area contributed by atoms with Gasteiger partial charge < -0.3 is 0 Å². The number of aromatic nitrogens is 2. The van der Waals surface area contributed by atoms with Crippen LogP contribution < -0.4 is 5.56 Å². The molecule has 1 atom stereocenters. The highest BCUT2D eigenvalue weighted by Crippen LogP contribution is 2.31. The highest BCUT2D eigenvalue weighted by Gasteiger charge is 2.32. The Kier molecular flexibility index (Phi) is 6.96. The molecule has 0 aliphatic carbocycles. The third-order valence-corrected chi connectivity index (χ3v) is 8.46. The lowest BCUT2D eigenvalue weighted by atomic mass is 10.1. The number of benzene rings is 3. The van der Waals surface area contributed by atoms with Crippen molar-refractivity contribution in [2.24, 2.45) is 0 Å². The fourth-order valence-corrected chi connectivity index (χ4v) is 5.90. The average Bonchev–Trinajstić information content (AvgIpc) is 2.81. The quantitative estimate of drug-likeness (QED) is 0.295. The molecule has 0 spiro atoms. The van der Waals surface area contributed by atoms with Gasteiger partial charge in [0.05, 0.1) is 27.5 Å². The van der Waals surface area contributed by atoms with E-state index in [1.807, 2.05) is 13.8 Å². The number of nitrogens with zero attached hydrogens (tertiary/aromatic N) is 3. The van der Waals surface area contributed by atoms with Crippen LogP contribution in [-0.2, 0) is 10.0 Å². The molecule has 0 aliphatic rings. The van der Waals surface area contributed by atoms with E-state index in [-0.39, 0.29) is 10.5 Å². The molecule has 0 bridgehead atoms. The second kappa shape index (κ2) is 9.62. The summed E-state index contributed by atoms with van der Waals surface area (Å²) in [5, 5.41) is 1.00. The van der Waals surface area contributed by atoms with Gasteiger partial charge in [-0.15, -0.1) is 0 Å². The number of halogens is 2. The van der Waals surface area contributed by atoms with Crippen molar-refractivity contribution < 1.29 is 8.42 Å². The van der Waals surface area contributed by atoms with Crippen LogP contribution in [-0.4, -0.2) is 29.3 Å². The van der Waals surface area contributed by atoms with Gasteiger partial charge >= 0.3 is 0 Å². The van der Waals surface area contributed by atoms with Crippen LogP contribution in [0.25, 0.3) is 16.6 Å². The molecule has 0 amide bonds. The fourth-order valence-electron chi connectivity index (χ4n) is 4.02. The Hall–Kier alpha value is -2.52. The summed E-state index contributed by atoms with van der Waals surface area (Å²) in [6, 6.07) is 18.1. The van der Waals surface area contributed by atoms with Crippen molar-refractivity contribution in [1.29, 1.82) is 0 Å². The van der Waals surface area contributed by atoms with E-state index in [2.05, 4.69) is 15.9 Å². The van der Waals surface area contributed by atoms with Gasteiger partial charge in [0.15, 0.2) is 0 Å². The first kappa shape index (κ1) is 24.6. The van der Waals surface area contributed by atoms with Gasteiger partial charge in [-0.25, -0.2) is 13.4 Å². The molecule has 176 valence electrons. The number of sulfonamides is 1. The summed E-state index contributed by atoms with van der Waals surface area (Å²) in [6.45, 7) is 3.73. The summed E-state index contributed by atoms with van der Waals surface area (Å²) in [4.78, 5) is 18.7. The Labute approximate surface area is 212 Å². The maximum Gasteiger partial charge on any atom is 0.266 e. The predicted octanol–water partition coefficient (Wildman–Crippen LogP) is 5.88. The lowest BCUT2D eigenvalue weighted by Gasteiger charge is -2.29. The van der Waals surface area contributed by atoms with Crippen molar-refractivity contribution >= 4 is 48.5 Å². The van der Waals surface area contributed by atoms with Crippen LogP contribution in [0.1, 0.15) is 30.8 Å². The summed E-state index contributed by atoms with van der Waals surface area (Å²) in [6.07, 6.45) is 0.406. The van der Waals surface area contributed by atoms with Crippen molar-refractivity contribution in [2.75, 3.05) is 7.05 Å². The highest BCUT2D eigenvalue weighted by molar-refractivity contribution is 9.10. The zero-order chi connectivity index (χ0) is 24.6. The summed E-state index contributed by atoms with van der Waals surface area (Å²) >= 11 is 9.51. The standard InChI is InChI=1S/C25H23BrClN3O3S/c1-4-22(29(3)34(32,33)19-12-9-17(26)10-13-19)24-28-21-8-6-5-7-20(21)25(31)30(24)23-14-11-18(27)15-16(23)2/h5-15,22H,4H2,1-3H3. The zero-order valence-electron chi connectivity index (χ0n) is 18.9. The average molecular weight is 561 g/mol. The van der Waals surface area contributed by atoms with E-state index in [9.17, 15) is 13.2 Å². The van der Waals surface area contributed by atoms with E-state index in [1.54, 1.807) is 66.7 Å². The Morgan fingerprint density at radius 2 is 1.76 bits per heavy atom. The third kappa shape index (κ3) is 4.43. The fraction of sp³-hybridized carbons (Fsp3) is 0.200. The van der Waals surface area contributed by atoms with Crippen LogP contribution in [0.4, 0.5) is 0 Å². The van der Waals surface area contributed by atoms with Crippen molar-refractivity contribution in [1.82, 2.24) is 13.9 Å². The second-order valence-corrected chi connectivity index (χ2v) is 11.3. The van der Waals surface area contributed by atoms with Gasteiger partial charge in [-0.2, -0.15) is 4.31 Å². The van der Waals surface area contributed by atoms with Crippen molar-refractivity contribution in [3.05, 3.63) is 98.0 Å². The predicted molar refractivity (Wildman–Crippen MR) is 139 cm³/mol. The van der Waals surface area contributed by atoms with Gasteiger partial charge in [0.25, 0.3) is 5.56 Å². The van der Waals surface area contributed by atoms with Crippen LogP contribution in [0.3, 0.4) is 0 Å². The molecule has 4 aromatic rings. The monoisotopic (exact) mass is 559 g/mol. The molecule has 0 aliphatic heterocycles. The topological polar surface area (TPSA) is 72.3 Å². The van der Waals surface area contributed by atoms with E-state index >= 15 is 0 Å². The molecule has 9 heteroatoms. The lowest BCUT2D eigenvalue weighted by Crippen LogP contribution is -2.36. The molecule has 0 N–H and O–H groups in total. The largest absolute Gasteiger partial charge is 0.268 e. The molecule has 1 unspecified atom stereocenters. The Morgan fingerprint density at radius 1 is 1.09 bits per heavy atom. The number of rotatable bonds is 6. The van der Waals surface area contributed by atoms with Crippen LogP contribution in [0.2, 0.25) is 5.02 Å². The molecule has 0 saturated heterocycles. The van der Waals surface area contributed by atoms with E-state index in [0.29, 0.717) is 33.9 Å². The van der Waals surface area contributed by atoms with Gasteiger partial charge in [-0.3, -0.25) is 9.36 Å². The van der Waals surface area contributed by atoms with Crippen molar-refractivity contribution in [3.8, 4) is 5.69 Å². The molecular weight excluding hydrogens is 538 g/mol. The summed E-state index contributed by atoms with van der Waals surface area (Å²) < 4.78 is 30.6. The zero-order valence-corrected chi connectivity index (χ0v) is 22.0. The number of aryl methyl sites for hydroxylation is 1. The first-order chi connectivity index (χ1) is 16.1. The molecule has 6 nitrogen and oxygen atoms in total. The maximum absolute atomic E-state index is 13.7. The minimum atomic E-state index is -3.86. The Morgan fingerprint density at radius 3 is 2.41 bits per heavy atom. The molecular formula is C25H23BrClN3O3S. The number of fused-ring (bicyclic) bond motifs is 1. The van der Waals surface area contributed by atoms with Crippen LogP contribution in [0, 0.1) is 6.92 Å². The lowest BCUT2D eigenvalue weighted by molar-refractivity contribution is 0.347. The molecule has 1 aromatic heterocycles. The van der Waals surface area contributed by atoms with Gasteiger partial charge in [0.2, 0.25) is 10.0 Å². The molecule has 3 aromatic carbocycles. The van der Waals surface area contributed by atoms with Crippen LogP contribution in [0.5, 0.6) is 0 Å².